The molecule has 4 heteroatoms. The summed E-state index contributed by atoms with van der Waals surface area (Å²) in [5.74, 6) is 1.29. The Hall–Kier alpha value is -1.29. The van der Waals surface area contributed by atoms with Crippen molar-refractivity contribution >= 4 is 15.5 Å². The monoisotopic (exact) mass is 307 g/mol. The number of nitrogens with one attached hydrogen (secondary N) is 1. The van der Waals surface area contributed by atoms with Gasteiger partial charge in [0.15, 0.2) is 9.84 Å². The number of allylic oxidation sites excluding steroid dienone is 1. The highest BCUT2D eigenvalue weighted by Crippen LogP contribution is 2.30. The third-order valence-corrected chi connectivity index (χ3v) is 5.14. The third kappa shape index (κ3) is 4.60. The normalized spacial score (nSPS) is 22.7. The third-order valence-electron chi connectivity index (χ3n) is 4.31. The van der Waals surface area contributed by atoms with Crippen LogP contribution in [0.25, 0.3) is 0 Å². The van der Waals surface area contributed by atoms with Crippen LogP contribution in [0.2, 0.25) is 0 Å². The lowest BCUT2D eigenvalue weighted by Crippen LogP contribution is -2.25. The lowest BCUT2D eigenvalue weighted by molar-refractivity contribution is 0.381. The van der Waals surface area contributed by atoms with E-state index in [1.807, 2.05) is 24.3 Å². The predicted molar refractivity (Wildman–Crippen MR) is 89.1 cm³/mol. The van der Waals surface area contributed by atoms with Crippen molar-refractivity contribution in [2.24, 2.45) is 11.8 Å². The molecule has 0 unspecified atom stereocenters. The Balaban J connectivity index is 2.10. The van der Waals surface area contributed by atoms with Crippen LogP contribution in [0.1, 0.15) is 32.3 Å². The molecule has 0 heterocycles. The summed E-state index contributed by atoms with van der Waals surface area (Å²) in [6, 6.07) is 7.69. The molecule has 116 valence electrons. The van der Waals surface area contributed by atoms with E-state index in [1.54, 1.807) is 0 Å². The van der Waals surface area contributed by atoms with E-state index in [1.165, 1.54) is 24.7 Å². The summed E-state index contributed by atoms with van der Waals surface area (Å²) in [6.45, 7) is 5.36. The van der Waals surface area contributed by atoms with Crippen LogP contribution in [-0.4, -0.2) is 21.2 Å². The van der Waals surface area contributed by atoms with Crippen molar-refractivity contribution < 1.29 is 8.42 Å². The zero-order chi connectivity index (χ0) is 15.5. The molecule has 0 bridgehead atoms. The number of anilines is 1. The van der Waals surface area contributed by atoms with Gasteiger partial charge in [0.25, 0.3) is 0 Å². The molecule has 1 aliphatic carbocycles. The van der Waals surface area contributed by atoms with Gasteiger partial charge in [-0.25, -0.2) is 8.42 Å². The second-order valence-electron chi connectivity index (χ2n) is 6.22. The first-order valence-electron chi connectivity index (χ1n) is 7.53. The lowest BCUT2D eigenvalue weighted by atomic mass is 9.80. The molecule has 0 radical (unpaired) electrons. The molecule has 2 rings (SSSR count). The van der Waals surface area contributed by atoms with E-state index in [0.717, 1.165) is 17.8 Å². The van der Waals surface area contributed by atoms with Gasteiger partial charge >= 0.3 is 0 Å². The van der Waals surface area contributed by atoms with E-state index in [-0.39, 0.29) is 5.75 Å². The molecule has 0 aromatic heterocycles. The molecule has 0 fully saturated rings. The Labute approximate surface area is 128 Å². The second kappa shape index (κ2) is 6.65. The average Bonchev–Trinajstić information content (AvgIpc) is 2.38. The highest BCUT2D eigenvalue weighted by atomic mass is 32.2. The summed E-state index contributed by atoms with van der Waals surface area (Å²) in [4.78, 5) is 0. The standard InChI is InChI=1S/C17H25NO2S/c1-13-7-6-8-14(2)16(13)11-18-17-10-5-4-9-15(17)12-21(3,19)20/h4-5,7,9-10,14,16,18H,6,8,11-12H2,1-3H3/t14-,16-/m0/s1. The van der Waals surface area contributed by atoms with Crippen LogP contribution in [0.15, 0.2) is 35.9 Å². The van der Waals surface area contributed by atoms with Gasteiger partial charge in [-0.05, 0) is 43.2 Å². The quantitative estimate of drug-likeness (QED) is 0.845. The molecule has 0 saturated heterocycles. The van der Waals surface area contributed by atoms with Gasteiger partial charge in [0, 0.05) is 18.5 Å². The fraction of sp³-hybridized carbons (Fsp3) is 0.529. The highest BCUT2D eigenvalue weighted by molar-refractivity contribution is 7.89. The van der Waals surface area contributed by atoms with Crippen molar-refractivity contribution in [1.29, 1.82) is 0 Å². The molecule has 0 saturated carbocycles. The van der Waals surface area contributed by atoms with Gasteiger partial charge in [-0.15, -0.1) is 0 Å². The van der Waals surface area contributed by atoms with E-state index in [2.05, 4.69) is 25.2 Å². The van der Waals surface area contributed by atoms with Crippen molar-refractivity contribution in [3.8, 4) is 0 Å². The molecule has 0 amide bonds. The summed E-state index contributed by atoms with van der Waals surface area (Å²) >= 11 is 0. The Bertz CT molecular complexity index is 619. The van der Waals surface area contributed by atoms with Crippen molar-refractivity contribution in [2.45, 2.75) is 32.4 Å². The van der Waals surface area contributed by atoms with Crippen molar-refractivity contribution in [2.75, 3.05) is 18.1 Å². The summed E-state index contributed by atoms with van der Waals surface area (Å²) in [7, 11) is -3.02. The first-order chi connectivity index (χ1) is 9.87. The second-order valence-corrected chi connectivity index (χ2v) is 8.36. The Morgan fingerprint density at radius 3 is 2.67 bits per heavy atom. The summed E-state index contributed by atoms with van der Waals surface area (Å²) < 4.78 is 23.1. The lowest BCUT2D eigenvalue weighted by Gasteiger charge is -2.29. The van der Waals surface area contributed by atoms with Gasteiger partial charge in [-0.2, -0.15) is 0 Å². The minimum Gasteiger partial charge on any atom is -0.384 e. The Kier molecular flexibility index (Phi) is 5.09. The number of para-hydroxylation sites is 1. The average molecular weight is 307 g/mol. The number of hydrogen-bond donors (Lipinski definition) is 1. The Morgan fingerprint density at radius 1 is 1.29 bits per heavy atom. The van der Waals surface area contributed by atoms with E-state index < -0.39 is 9.84 Å². The van der Waals surface area contributed by atoms with Crippen LogP contribution >= 0.6 is 0 Å². The van der Waals surface area contributed by atoms with E-state index in [4.69, 9.17) is 0 Å². The van der Waals surface area contributed by atoms with Crippen molar-refractivity contribution in [3.05, 3.63) is 41.5 Å². The van der Waals surface area contributed by atoms with E-state index in [0.29, 0.717) is 11.8 Å². The van der Waals surface area contributed by atoms with Crippen LogP contribution < -0.4 is 5.32 Å². The zero-order valence-corrected chi connectivity index (χ0v) is 13.9. The summed E-state index contributed by atoms with van der Waals surface area (Å²) in [5.41, 5.74) is 3.24. The van der Waals surface area contributed by atoms with Gasteiger partial charge in [-0.1, -0.05) is 36.8 Å². The van der Waals surface area contributed by atoms with Gasteiger partial charge in [-0.3, -0.25) is 0 Å². The molecule has 21 heavy (non-hydrogen) atoms. The zero-order valence-electron chi connectivity index (χ0n) is 13.1. The van der Waals surface area contributed by atoms with Crippen LogP contribution in [-0.2, 0) is 15.6 Å². The fourth-order valence-corrected chi connectivity index (χ4v) is 3.88. The highest BCUT2D eigenvalue weighted by Gasteiger charge is 2.22. The number of benzene rings is 1. The van der Waals surface area contributed by atoms with Crippen LogP contribution in [0, 0.1) is 11.8 Å². The first kappa shape index (κ1) is 16.1. The number of rotatable bonds is 5. The summed E-state index contributed by atoms with van der Waals surface area (Å²) in [6.07, 6.45) is 6.01. The molecule has 1 aromatic carbocycles. The van der Waals surface area contributed by atoms with Gasteiger partial charge in [0.2, 0.25) is 0 Å². The molecular formula is C17H25NO2S. The van der Waals surface area contributed by atoms with E-state index >= 15 is 0 Å². The topological polar surface area (TPSA) is 46.2 Å². The molecular weight excluding hydrogens is 282 g/mol. The number of hydrogen-bond acceptors (Lipinski definition) is 3. The fourth-order valence-electron chi connectivity index (χ4n) is 3.06. The maximum atomic E-state index is 11.5. The molecule has 0 aliphatic heterocycles. The van der Waals surface area contributed by atoms with Crippen LogP contribution in [0.5, 0.6) is 0 Å². The molecule has 1 aliphatic rings. The van der Waals surface area contributed by atoms with Gasteiger partial charge in [0.05, 0.1) is 5.75 Å². The smallest absolute Gasteiger partial charge is 0.151 e. The summed E-state index contributed by atoms with van der Waals surface area (Å²) in [5, 5.41) is 3.46. The SMILES string of the molecule is CC1=CCC[C@H](C)[C@H]1CNc1ccccc1CS(C)(=O)=O. The van der Waals surface area contributed by atoms with Crippen LogP contribution in [0.4, 0.5) is 5.69 Å². The minimum absolute atomic E-state index is 0.0885. The first-order valence-corrected chi connectivity index (χ1v) is 9.59. The van der Waals surface area contributed by atoms with Gasteiger partial charge in [0.1, 0.15) is 0 Å². The van der Waals surface area contributed by atoms with E-state index in [9.17, 15) is 8.42 Å². The number of sulfone groups is 1. The molecule has 2 atom stereocenters. The van der Waals surface area contributed by atoms with Gasteiger partial charge < -0.3 is 5.32 Å². The maximum absolute atomic E-state index is 11.5. The predicted octanol–water partition coefficient (Wildman–Crippen LogP) is 3.64. The molecule has 3 nitrogen and oxygen atoms in total. The Morgan fingerprint density at radius 2 is 2.00 bits per heavy atom. The van der Waals surface area contributed by atoms with Crippen LogP contribution in [0.3, 0.4) is 0 Å². The maximum Gasteiger partial charge on any atom is 0.151 e. The largest absolute Gasteiger partial charge is 0.384 e. The van der Waals surface area contributed by atoms with Crippen molar-refractivity contribution in [1.82, 2.24) is 0 Å². The molecule has 0 spiro atoms. The molecule has 1 aromatic rings. The molecule has 1 N–H and O–H groups in total. The van der Waals surface area contributed by atoms with Crippen molar-refractivity contribution in [3.63, 3.8) is 0 Å². The minimum atomic E-state index is -3.02.